The Hall–Kier alpha value is -3.07. The van der Waals surface area contributed by atoms with E-state index in [2.05, 4.69) is 5.32 Å². The zero-order valence-corrected chi connectivity index (χ0v) is 9.83. The molecule has 2 aromatic carbocycles. The zero-order valence-electron chi connectivity index (χ0n) is 9.83. The smallest absolute Gasteiger partial charge is 0.292 e. The molecule has 6 heteroatoms. The fourth-order valence-corrected chi connectivity index (χ4v) is 1.64. The zero-order chi connectivity index (χ0) is 13.8. The minimum atomic E-state index is -0.504. The lowest BCUT2D eigenvalue weighted by atomic mass is 10.1. The summed E-state index contributed by atoms with van der Waals surface area (Å²) >= 11 is 0. The van der Waals surface area contributed by atoms with Gasteiger partial charge in [-0.15, -0.1) is 0 Å². The number of nitrogens with two attached hydrogens (primary N) is 1. The minimum absolute atomic E-state index is 0.0959. The number of nitro groups is 1. The molecule has 0 saturated heterocycles. The van der Waals surface area contributed by atoms with Crippen LogP contribution >= 0.6 is 0 Å². The molecule has 3 N–H and O–H groups in total. The Morgan fingerprint density at radius 3 is 2.68 bits per heavy atom. The molecule has 0 saturated carbocycles. The van der Waals surface area contributed by atoms with E-state index >= 15 is 0 Å². The molecule has 0 aliphatic carbocycles. The fourth-order valence-electron chi connectivity index (χ4n) is 1.64. The molecule has 2 aromatic rings. The van der Waals surface area contributed by atoms with Gasteiger partial charge in [0.1, 0.15) is 5.69 Å². The second kappa shape index (κ2) is 5.06. The number of hydrogen-bond donors (Lipinski definition) is 2. The lowest BCUT2D eigenvalue weighted by Gasteiger charge is -2.08. The monoisotopic (exact) mass is 254 g/mol. The highest BCUT2D eigenvalue weighted by Crippen LogP contribution is 2.29. The standard InChI is InChI=1S/C13H10N4O2/c14-8-9-4-5-13(17(18)19)12(6-9)16-11-3-1-2-10(15)7-11/h1-7,16H,15H2. The van der Waals surface area contributed by atoms with E-state index in [0.29, 0.717) is 16.9 Å². The Bertz CT molecular complexity index is 677. The SMILES string of the molecule is N#Cc1ccc([N+](=O)[O-])c(Nc2cccc(N)c2)c1. The summed E-state index contributed by atoms with van der Waals surface area (Å²) in [4.78, 5) is 10.4. The van der Waals surface area contributed by atoms with Gasteiger partial charge in [-0.2, -0.15) is 5.26 Å². The van der Waals surface area contributed by atoms with Gasteiger partial charge < -0.3 is 11.1 Å². The Kier molecular flexibility index (Phi) is 3.30. The van der Waals surface area contributed by atoms with Gasteiger partial charge in [-0.05, 0) is 30.3 Å². The average molecular weight is 254 g/mol. The second-order valence-electron chi connectivity index (χ2n) is 3.85. The lowest BCUT2D eigenvalue weighted by Crippen LogP contribution is -1.98. The van der Waals surface area contributed by atoms with Crippen molar-refractivity contribution in [3.05, 3.63) is 58.1 Å². The minimum Gasteiger partial charge on any atom is -0.399 e. The fraction of sp³-hybridized carbons (Fsp3) is 0. The molecule has 0 aromatic heterocycles. The summed E-state index contributed by atoms with van der Waals surface area (Å²) in [7, 11) is 0. The largest absolute Gasteiger partial charge is 0.399 e. The third-order valence-electron chi connectivity index (χ3n) is 2.49. The van der Waals surface area contributed by atoms with Gasteiger partial charge in [-0.3, -0.25) is 10.1 Å². The van der Waals surface area contributed by atoms with Crippen molar-refractivity contribution in [3.63, 3.8) is 0 Å². The third-order valence-corrected chi connectivity index (χ3v) is 2.49. The summed E-state index contributed by atoms with van der Waals surface area (Å²) in [5, 5.41) is 22.7. The molecule has 19 heavy (non-hydrogen) atoms. The predicted molar refractivity (Wildman–Crippen MR) is 71.9 cm³/mol. The third kappa shape index (κ3) is 2.79. The summed E-state index contributed by atoms with van der Waals surface area (Å²) in [6.45, 7) is 0. The normalized spacial score (nSPS) is 9.63. The summed E-state index contributed by atoms with van der Waals surface area (Å²) in [5.74, 6) is 0. The van der Waals surface area contributed by atoms with E-state index in [1.54, 1.807) is 24.3 Å². The summed E-state index contributed by atoms with van der Waals surface area (Å²) in [6, 6.07) is 12.9. The van der Waals surface area contributed by atoms with Crippen LogP contribution in [0.3, 0.4) is 0 Å². The number of nitrogens with one attached hydrogen (secondary N) is 1. The van der Waals surface area contributed by atoms with Crippen LogP contribution < -0.4 is 11.1 Å². The van der Waals surface area contributed by atoms with E-state index in [1.807, 2.05) is 6.07 Å². The van der Waals surface area contributed by atoms with Gasteiger partial charge in [0.15, 0.2) is 0 Å². The summed E-state index contributed by atoms with van der Waals surface area (Å²) < 4.78 is 0. The summed E-state index contributed by atoms with van der Waals surface area (Å²) in [6.07, 6.45) is 0. The number of anilines is 3. The van der Waals surface area contributed by atoms with Crippen molar-refractivity contribution in [3.8, 4) is 6.07 Å². The molecule has 0 atom stereocenters. The first-order chi connectivity index (χ1) is 9.10. The second-order valence-corrected chi connectivity index (χ2v) is 3.85. The van der Waals surface area contributed by atoms with Crippen LogP contribution in [0.15, 0.2) is 42.5 Å². The Balaban J connectivity index is 2.43. The highest BCUT2D eigenvalue weighted by atomic mass is 16.6. The Labute approximate surface area is 109 Å². The first-order valence-electron chi connectivity index (χ1n) is 5.41. The molecule has 0 heterocycles. The quantitative estimate of drug-likeness (QED) is 0.497. The van der Waals surface area contributed by atoms with Crippen molar-refractivity contribution in [1.29, 1.82) is 5.26 Å². The molecule has 2 rings (SSSR count). The highest BCUT2D eigenvalue weighted by Gasteiger charge is 2.14. The molecule has 0 unspecified atom stereocenters. The topological polar surface area (TPSA) is 105 Å². The van der Waals surface area contributed by atoms with E-state index in [-0.39, 0.29) is 11.4 Å². The maximum atomic E-state index is 10.9. The molecule has 0 radical (unpaired) electrons. The first-order valence-corrected chi connectivity index (χ1v) is 5.41. The van der Waals surface area contributed by atoms with Crippen molar-refractivity contribution in [2.75, 3.05) is 11.1 Å². The molecular weight excluding hydrogens is 244 g/mol. The summed E-state index contributed by atoms with van der Waals surface area (Å²) in [5.41, 5.74) is 7.32. The number of benzene rings is 2. The van der Waals surface area contributed by atoms with Crippen molar-refractivity contribution >= 4 is 22.7 Å². The van der Waals surface area contributed by atoms with Crippen LogP contribution in [0.2, 0.25) is 0 Å². The van der Waals surface area contributed by atoms with Gasteiger partial charge in [-0.1, -0.05) is 6.07 Å². The van der Waals surface area contributed by atoms with E-state index in [1.165, 1.54) is 18.2 Å². The molecular formula is C13H10N4O2. The Morgan fingerprint density at radius 1 is 1.26 bits per heavy atom. The van der Waals surface area contributed by atoms with E-state index in [0.717, 1.165) is 0 Å². The van der Waals surface area contributed by atoms with Crippen molar-refractivity contribution in [2.24, 2.45) is 0 Å². The highest BCUT2D eigenvalue weighted by molar-refractivity contribution is 5.72. The first kappa shape index (κ1) is 12.4. The van der Waals surface area contributed by atoms with Gasteiger partial charge in [0.25, 0.3) is 5.69 Å². The molecule has 6 nitrogen and oxygen atoms in total. The van der Waals surface area contributed by atoms with E-state index in [9.17, 15) is 10.1 Å². The number of rotatable bonds is 3. The molecule has 0 bridgehead atoms. The lowest BCUT2D eigenvalue weighted by molar-refractivity contribution is -0.383. The number of nitrogens with zero attached hydrogens (tertiary/aromatic N) is 2. The molecule has 94 valence electrons. The molecule has 0 aliphatic heterocycles. The Morgan fingerprint density at radius 2 is 2.05 bits per heavy atom. The number of hydrogen-bond acceptors (Lipinski definition) is 5. The van der Waals surface area contributed by atoms with Crippen molar-refractivity contribution < 1.29 is 4.92 Å². The van der Waals surface area contributed by atoms with Gasteiger partial charge in [0.05, 0.1) is 16.6 Å². The van der Waals surface area contributed by atoms with Gasteiger partial charge >= 0.3 is 0 Å². The average Bonchev–Trinajstić information content (AvgIpc) is 2.38. The maximum absolute atomic E-state index is 10.9. The maximum Gasteiger partial charge on any atom is 0.292 e. The van der Waals surface area contributed by atoms with Gasteiger partial charge in [0, 0.05) is 17.4 Å². The van der Waals surface area contributed by atoms with Crippen LogP contribution in [0, 0.1) is 21.4 Å². The molecule has 0 spiro atoms. The van der Waals surface area contributed by atoms with E-state index < -0.39 is 4.92 Å². The van der Waals surface area contributed by atoms with Crippen LogP contribution in [0.1, 0.15) is 5.56 Å². The molecule has 0 aliphatic rings. The predicted octanol–water partition coefficient (Wildman–Crippen LogP) is 2.79. The van der Waals surface area contributed by atoms with Gasteiger partial charge in [0.2, 0.25) is 0 Å². The van der Waals surface area contributed by atoms with Crippen LogP contribution in [-0.2, 0) is 0 Å². The van der Waals surface area contributed by atoms with Crippen LogP contribution in [0.25, 0.3) is 0 Å². The van der Waals surface area contributed by atoms with Crippen LogP contribution in [0.4, 0.5) is 22.7 Å². The molecule has 0 amide bonds. The van der Waals surface area contributed by atoms with Crippen LogP contribution in [-0.4, -0.2) is 4.92 Å². The van der Waals surface area contributed by atoms with Crippen LogP contribution in [0.5, 0.6) is 0 Å². The number of nitriles is 1. The number of nitro benzene ring substituents is 1. The van der Waals surface area contributed by atoms with Crippen molar-refractivity contribution in [1.82, 2.24) is 0 Å². The van der Waals surface area contributed by atoms with E-state index in [4.69, 9.17) is 11.0 Å². The van der Waals surface area contributed by atoms with Gasteiger partial charge in [-0.25, -0.2) is 0 Å². The van der Waals surface area contributed by atoms with Crippen molar-refractivity contribution in [2.45, 2.75) is 0 Å². The molecule has 0 fully saturated rings. The number of nitrogen functional groups attached to an aromatic ring is 1.